The predicted octanol–water partition coefficient (Wildman–Crippen LogP) is -1.30. The van der Waals surface area contributed by atoms with E-state index >= 15 is 0 Å². The molecule has 0 aromatic heterocycles. The van der Waals surface area contributed by atoms with Gasteiger partial charge in [0.1, 0.15) is 10.7 Å². The van der Waals surface area contributed by atoms with Crippen molar-refractivity contribution in [2.45, 2.75) is 12.5 Å². The Morgan fingerprint density at radius 2 is 1.81 bits per heavy atom. The van der Waals surface area contributed by atoms with Gasteiger partial charge in [0.15, 0.2) is 19.7 Å². The summed E-state index contributed by atoms with van der Waals surface area (Å²) in [5.41, 5.74) is -2.72. The van der Waals surface area contributed by atoms with Crippen molar-refractivity contribution in [1.29, 1.82) is 0 Å². The maximum atomic E-state index is 12.0. The number of cyclic esters (lactones) is 1. The molecule has 0 aromatic carbocycles. The lowest BCUT2D eigenvalue weighted by Gasteiger charge is -2.26. The minimum Gasteiger partial charge on any atom is -0.501 e. The first-order valence-electron chi connectivity index (χ1n) is 5.57. The van der Waals surface area contributed by atoms with Crippen LogP contribution in [-0.2, 0) is 38.7 Å². The van der Waals surface area contributed by atoms with E-state index in [-0.39, 0.29) is 6.61 Å². The van der Waals surface area contributed by atoms with E-state index in [4.69, 9.17) is 0 Å². The van der Waals surface area contributed by atoms with Crippen molar-refractivity contribution >= 4 is 31.6 Å². The van der Waals surface area contributed by atoms with E-state index < -0.39 is 53.6 Å². The Labute approximate surface area is 121 Å². The quantitative estimate of drug-likeness (QED) is 0.603. The van der Waals surface area contributed by atoms with Gasteiger partial charge < -0.3 is 14.6 Å². The Bertz CT molecular complexity index is 714. The first-order valence-corrected chi connectivity index (χ1v) is 9.52. The van der Waals surface area contributed by atoms with Gasteiger partial charge in [-0.3, -0.25) is 0 Å². The highest BCUT2D eigenvalue weighted by molar-refractivity contribution is 7.95. The molecule has 0 aliphatic carbocycles. The second-order valence-electron chi connectivity index (χ2n) is 4.46. The van der Waals surface area contributed by atoms with Crippen LogP contribution in [0.15, 0.2) is 10.7 Å². The lowest BCUT2D eigenvalue weighted by Crippen LogP contribution is -2.50. The number of rotatable bonds is 5. The summed E-state index contributed by atoms with van der Waals surface area (Å²) in [4.78, 5) is 22.4. The molecule has 120 valence electrons. The zero-order valence-corrected chi connectivity index (χ0v) is 13.1. The Hall–Kier alpha value is -1.62. The molecule has 0 bridgehead atoms. The van der Waals surface area contributed by atoms with E-state index in [1.54, 1.807) is 0 Å². The second kappa shape index (κ2) is 5.30. The molecular formula is C10H14O9S2. The number of hydrogen-bond donors (Lipinski definition) is 1. The summed E-state index contributed by atoms with van der Waals surface area (Å²) in [6.45, 7) is 1.19. The molecule has 21 heavy (non-hydrogen) atoms. The Morgan fingerprint density at radius 1 is 1.29 bits per heavy atom. The van der Waals surface area contributed by atoms with Gasteiger partial charge in [-0.15, -0.1) is 0 Å². The van der Waals surface area contributed by atoms with Crippen LogP contribution in [0, 0.1) is 0 Å². The third kappa shape index (κ3) is 3.35. The van der Waals surface area contributed by atoms with E-state index in [0.717, 1.165) is 6.26 Å². The number of sulfone groups is 2. The number of aliphatic hydroxyl groups excluding tert-OH is 1. The molecule has 0 unspecified atom stereocenters. The second-order valence-corrected chi connectivity index (χ2v) is 8.55. The maximum absolute atomic E-state index is 12.0. The normalized spacial score (nSPS) is 23.1. The van der Waals surface area contributed by atoms with E-state index in [9.17, 15) is 31.5 Å². The van der Waals surface area contributed by atoms with Crippen molar-refractivity contribution in [3.63, 3.8) is 0 Å². The molecule has 9 nitrogen and oxygen atoms in total. The highest BCUT2D eigenvalue weighted by Crippen LogP contribution is 2.37. The van der Waals surface area contributed by atoms with Crippen LogP contribution in [0.1, 0.15) is 6.92 Å². The number of hydrogen-bond acceptors (Lipinski definition) is 9. The summed E-state index contributed by atoms with van der Waals surface area (Å²) in [7, 11) is -8.27. The van der Waals surface area contributed by atoms with Crippen LogP contribution in [0.5, 0.6) is 0 Å². The molecule has 0 saturated heterocycles. The number of ether oxygens (including phenoxy) is 2. The number of esters is 2. The molecule has 0 radical (unpaired) electrons. The lowest BCUT2D eigenvalue weighted by atomic mass is 10.1. The Kier molecular flexibility index (Phi) is 4.40. The molecule has 1 N–H and O–H groups in total. The molecule has 0 amide bonds. The van der Waals surface area contributed by atoms with Crippen LogP contribution in [0.3, 0.4) is 0 Å². The molecular weight excluding hydrogens is 328 g/mol. The van der Waals surface area contributed by atoms with Gasteiger partial charge in [-0.05, 0) is 6.92 Å². The molecule has 0 fully saturated rings. The van der Waals surface area contributed by atoms with Crippen molar-refractivity contribution in [3.8, 4) is 0 Å². The van der Waals surface area contributed by atoms with Crippen LogP contribution in [0.25, 0.3) is 0 Å². The zero-order valence-electron chi connectivity index (χ0n) is 11.4. The van der Waals surface area contributed by atoms with Gasteiger partial charge in [-0.1, -0.05) is 0 Å². The van der Waals surface area contributed by atoms with Crippen molar-refractivity contribution in [2.24, 2.45) is 0 Å². The predicted molar refractivity (Wildman–Crippen MR) is 69.7 cm³/mol. The summed E-state index contributed by atoms with van der Waals surface area (Å²) in [6, 6.07) is 0. The maximum Gasteiger partial charge on any atom is 0.376 e. The fourth-order valence-corrected chi connectivity index (χ4v) is 4.30. The van der Waals surface area contributed by atoms with Gasteiger partial charge in [-0.2, -0.15) is 0 Å². The fourth-order valence-electron chi connectivity index (χ4n) is 1.92. The SMILES string of the molecule is CCOC(=O)[C@]1(CS(C)(=O)=O)OC(=O)C(O)=C1S(C)(=O)=O. The standard InChI is InChI=1S/C10H14O9S2/c1-4-18-9(13)10(5-20(2,14)15)7(21(3,16)17)6(11)8(12)19-10/h11H,4-5H2,1-3H3/t10-/m1/s1. The summed E-state index contributed by atoms with van der Waals surface area (Å²) in [5.74, 6) is -5.37. The first-order chi connectivity index (χ1) is 9.35. The van der Waals surface area contributed by atoms with E-state index in [2.05, 4.69) is 9.47 Å². The molecule has 0 aromatic rings. The first kappa shape index (κ1) is 17.4. The van der Waals surface area contributed by atoms with E-state index in [0.29, 0.717) is 6.26 Å². The van der Waals surface area contributed by atoms with Gasteiger partial charge in [-0.25, -0.2) is 26.4 Å². The van der Waals surface area contributed by atoms with Crippen molar-refractivity contribution in [2.75, 3.05) is 24.9 Å². The highest BCUT2D eigenvalue weighted by Gasteiger charge is 2.60. The fraction of sp³-hybridized carbons (Fsp3) is 0.600. The molecule has 1 aliphatic rings. The van der Waals surface area contributed by atoms with Crippen LogP contribution in [-0.4, -0.2) is 64.4 Å². The lowest BCUT2D eigenvalue weighted by molar-refractivity contribution is -0.170. The third-order valence-electron chi connectivity index (χ3n) is 2.48. The van der Waals surface area contributed by atoms with Crippen LogP contribution in [0.2, 0.25) is 0 Å². The highest BCUT2D eigenvalue weighted by atomic mass is 32.2. The smallest absolute Gasteiger partial charge is 0.376 e. The van der Waals surface area contributed by atoms with Gasteiger partial charge in [0.25, 0.3) is 5.60 Å². The van der Waals surface area contributed by atoms with Gasteiger partial charge in [0.2, 0.25) is 5.76 Å². The average molecular weight is 342 g/mol. The Balaban J connectivity index is 3.66. The number of carbonyl (C=O) groups excluding carboxylic acids is 2. The minimum absolute atomic E-state index is 0.209. The Morgan fingerprint density at radius 3 is 2.19 bits per heavy atom. The monoisotopic (exact) mass is 342 g/mol. The van der Waals surface area contributed by atoms with Gasteiger partial charge in [0.05, 0.1) is 6.61 Å². The summed E-state index contributed by atoms with van der Waals surface area (Å²) in [5, 5.41) is 9.57. The number of aliphatic hydroxyl groups is 1. The summed E-state index contributed by atoms with van der Waals surface area (Å²) < 4.78 is 55.7. The zero-order chi connectivity index (χ0) is 16.6. The molecule has 1 heterocycles. The molecule has 0 spiro atoms. The van der Waals surface area contributed by atoms with Gasteiger partial charge in [0, 0.05) is 12.5 Å². The van der Waals surface area contributed by atoms with Crippen LogP contribution in [0.4, 0.5) is 0 Å². The molecule has 11 heteroatoms. The van der Waals surface area contributed by atoms with E-state index in [1.807, 2.05) is 0 Å². The van der Waals surface area contributed by atoms with Gasteiger partial charge >= 0.3 is 11.9 Å². The summed E-state index contributed by atoms with van der Waals surface area (Å²) >= 11 is 0. The van der Waals surface area contributed by atoms with Crippen molar-refractivity contribution < 1.29 is 41.0 Å². The molecule has 1 aliphatic heterocycles. The topological polar surface area (TPSA) is 141 Å². The van der Waals surface area contributed by atoms with E-state index in [1.165, 1.54) is 6.92 Å². The molecule has 1 atom stereocenters. The average Bonchev–Trinajstić information content (AvgIpc) is 2.48. The van der Waals surface area contributed by atoms with Crippen LogP contribution >= 0.6 is 0 Å². The summed E-state index contributed by atoms with van der Waals surface area (Å²) in [6.07, 6.45) is 1.33. The minimum atomic E-state index is -4.31. The third-order valence-corrected chi connectivity index (χ3v) is 4.68. The number of carbonyl (C=O) groups is 2. The van der Waals surface area contributed by atoms with Crippen LogP contribution < -0.4 is 0 Å². The molecule has 1 rings (SSSR count). The van der Waals surface area contributed by atoms with Crippen molar-refractivity contribution in [3.05, 3.63) is 10.7 Å². The largest absolute Gasteiger partial charge is 0.501 e. The molecule has 0 saturated carbocycles. The van der Waals surface area contributed by atoms with Crippen molar-refractivity contribution in [1.82, 2.24) is 0 Å².